The van der Waals surface area contributed by atoms with Crippen molar-refractivity contribution in [2.75, 3.05) is 5.32 Å². The third-order valence-electron chi connectivity index (χ3n) is 4.48. The number of primary amides is 1. The van der Waals surface area contributed by atoms with E-state index < -0.39 is 11.8 Å². The minimum Gasteiger partial charge on any atom is -0.366 e. The highest BCUT2D eigenvalue weighted by Crippen LogP contribution is 2.16. The number of rotatable bonds is 7. The molecule has 144 valence electrons. The van der Waals surface area contributed by atoms with Gasteiger partial charge in [-0.05, 0) is 36.8 Å². The molecule has 7 nitrogen and oxygen atoms in total. The van der Waals surface area contributed by atoms with Gasteiger partial charge in [-0.25, -0.2) is 4.68 Å². The second-order valence-electron chi connectivity index (χ2n) is 6.53. The van der Waals surface area contributed by atoms with Gasteiger partial charge in [0, 0.05) is 23.2 Å². The molecule has 0 unspecified atom stereocenters. The molecule has 28 heavy (non-hydrogen) atoms. The van der Waals surface area contributed by atoms with Gasteiger partial charge in [0.2, 0.25) is 5.91 Å². The number of nitrogens with zero attached hydrogens (tertiary/aromatic N) is 2. The summed E-state index contributed by atoms with van der Waals surface area (Å²) in [4.78, 5) is 36.7. The van der Waals surface area contributed by atoms with E-state index >= 15 is 0 Å². The van der Waals surface area contributed by atoms with Crippen molar-refractivity contribution < 1.29 is 9.59 Å². The molecule has 2 aromatic carbocycles. The molecule has 0 radical (unpaired) electrons. The van der Waals surface area contributed by atoms with Crippen LogP contribution in [0.3, 0.4) is 0 Å². The van der Waals surface area contributed by atoms with Crippen LogP contribution in [-0.4, -0.2) is 21.6 Å². The Morgan fingerprint density at radius 2 is 1.71 bits per heavy atom. The summed E-state index contributed by atoms with van der Waals surface area (Å²) in [6, 6.07) is 13.2. The van der Waals surface area contributed by atoms with Crippen molar-refractivity contribution in [3.63, 3.8) is 0 Å². The van der Waals surface area contributed by atoms with Crippen molar-refractivity contribution in [3.05, 3.63) is 70.1 Å². The quantitative estimate of drug-likeness (QED) is 0.616. The summed E-state index contributed by atoms with van der Waals surface area (Å²) in [7, 11) is 0. The Morgan fingerprint density at radius 1 is 1.04 bits per heavy atom. The molecule has 3 aromatic rings. The zero-order chi connectivity index (χ0) is 20.1. The Labute approximate surface area is 162 Å². The van der Waals surface area contributed by atoms with E-state index in [-0.39, 0.29) is 11.3 Å². The Balaban J connectivity index is 1.96. The standard InChI is InChI=1S/C21H22N4O3/c1-2-3-6-13-25-21(28)17-8-5-4-7-16(17)18(24-25)20(27)23-15-11-9-14(10-12-15)19(22)26/h4-5,7-12H,2-3,6,13H2,1H3,(H2,22,26)(H,23,27). The number of nitrogens with two attached hydrogens (primary N) is 1. The van der Waals surface area contributed by atoms with Crippen LogP contribution >= 0.6 is 0 Å². The van der Waals surface area contributed by atoms with E-state index in [0.29, 0.717) is 28.6 Å². The number of amides is 2. The first kappa shape index (κ1) is 19.3. The Hall–Kier alpha value is -3.48. The number of hydrogen-bond donors (Lipinski definition) is 2. The molecule has 0 spiro atoms. The van der Waals surface area contributed by atoms with Crippen LogP contribution in [0.1, 0.15) is 47.0 Å². The van der Waals surface area contributed by atoms with Gasteiger partial charge < -0.3 is 11.1 Å². The molecular formula is C21H22N4O3. The fourth-order valence-corrected chi connectivity index (χ4v) is 2.97. The molecule has 0 bridgehead atoms. The molecule has 0 aliphatic heterocycles. The zero-order valence-corrected chi connectivity index (χ0v) is 15.6. The molecule has 0 fully saturated rings. The van der Waals surface area contributed by atoms with Crippen LogP contribution in [0, 0.1) is 0 Å². The summed E-state index contributed by atoms with van der Waals surface area (Å²) in [5.74, 6) is -0.961. The lowest BCUT2D eigenvalue weighted by molar-refractivity contribution is 0.0997. The van der Waals surface area contributed by atoms with Crippen molar-refractivity contribution in [2.24, 2.45) is 5.73 Å². The highest BCUT2D eigenvalue weighted by atomic mass is 16.2. The van der Waals surface area contributed by atoms with Gasteiger partial charge in [0.15, 0.2) is 5.69 Å². The Morgan fingerprint density at radius 3 is 2.36 bits per heavy atom. The van der Waals surface area contributed by atoms with Crippen LogP contribution < -0.4 is 16.6 Å². The van der Waals surface area contributed by atoms with Crippen LogP contribution in [0.4, 0.5) is 5.69 Å². The predicted molar refractivity (Wildman–Crippen MR) is 108 cm³/mol. The number of carbonyl (C=O) groups is 2. The number of anilines is 1. The lowest BCUT2D eigenvalue weighted by Gasteiger charge is -2.11. The number of benzene rings is 2. The van der Waals surface area contributed by atoms with E-state index in [0.717, 1.165) is 19.3 Å². The van der Waals surface area contributed by atoms with Crippen LogP contribution in [0.2, 0.25) is 0 Å². The fourth-order valence-electron chi connectivity index (χ4n) is 2.97. The lowest BCUT2D eigenvalue weighted by atomic mass is 10.1. The van der Waals surface area contributed by atoms with Gasteiger partial charge >= 0.3 is 0 Å². The van der Waals surface area contributed by atoms with Gasteiger partial charge in [-0.15, -0.1) is 0 Å². The normalized spacial score (nSPS) is 10.8. The molecule has 0 atom stereocenters. The van der Waals surface area contributed by atoms with Gasteiger partial charge in [-0.2, -0.15) is 5.10 Å². The van der Waals surface area contributed by atoms with Gasteiger partial charge in [-0.1, -0.05) is 38.0 Å². The maximum absolute atomic E-state index is 12.9. The second-order valence-corrected chi connectivity index (χ2v) is 6.53. The summed E-state index contributed by atoms with van der Waals surface area (Å²) < 4.78 is 1.36. The van der Waals surface area contributed by atoms with Gasteiger partial charge in [-0.3, -0.25) is 14.4 Å². The summed E-state index contributed by atoms with van der Waals surface area (Å²) in [6.07, 6.45) is 2.82. The molecular weight excluding hydrogens is 356 g/mol. The van der Waals surface area contributed by atoms with Crippen molar-refractivity contribution >= 4 is 28.3 Å². The SMILES string of the molecule is CCCCCn1nc(C(=O)Nc2ccc(C(N)=O)cc2)c2ccccc2c1=O. The van der Waals surface area contributed by atoms with E-state index in [1.807, 2.05) is 0 Å². The Bertz CT molecular complexity index is 1070. The molecule has 1 heterocycles. The van der Waals surface area contributed by atoms with E-state index in [4.69, 9.17) is 5.73 Å². The number of carbonyl (C=O) groups excluding carboxylic acids is 2. The minimum atomic E-state index is -0.537. The average Bonchev–Trinajstić information content (AvgIpc) is 2.70. The van der Waals surface area contributed by atoms with Crippen LogP contribution in [-0.2, 0) is 6.54 Å². The van der Waals surface area contributed by atoms with E-state index in [2.05, 4.69) is 17.3 Å². The molecule has 0 aliphatic rings. The van der Waals surface area contributed by atoms with Crippen molar-refractivity contribution in [3.8, 4) is 0 Å². The third kappa shape index (κ3) is 4.09. The second kappa shape index (κ2) is 8.47. The van der Waals surface area contributed by atoms with E-state index in [9.17, 15) is 14.4 Å². The summed E-state index contributed by atoms with van der Waals surface area (Å²) in [5.41, 5.74) is 6.07. The predicted octanol–water partition coefficient (Wildman–Crippen LogP) is 2.94. The summed E-state index contributed by atoms with van der Waals surface area (Å²) in [5, 5.41) is 8.06. The van der Waals surface area contributed by atoms with Gasteiger partial charge in [0.05, 0.1) is 5.39 Å². The molecule has 0 saturated carbocycles. The maximum Gasteiger partial charge on any atom is 0.276 e. The number of nitrogens with one attached hydrogen (secondary N) is 1. The number of aryl methyl sites for hydroxylation is 1. The first-order valence-corrected chi connectivity index (χ1v) is 9.22. The number of unbranched alkanes of at least 4 members (excludes halogenated alkanes) is 2. The smallest absolute Gasteiger partial charge is 0.276 e. The van der Waals surface area contributed by atoms with Crippen LogP contribution in [0.25, 0.3) is 10.8 Å². The third-order valence-corrected chi connectivity index (χ3v) is 4.48. The molecule has 7 heteroatoms. The average molecular weight is 378 g/mol. The summed E-state index contributed by atoms with van der Waals surface area (Å²) in [6.45, 7) is 2.55. The zero-order valence-electron chi connectivity index (χ0n) is 15.6. The van der Waals surface area contributed by atoms with Crippen LogP contribution in [0.5, 0.6) is 0 Å². The molecule has 0 saturated heterocycles. The first-order chi connectivity index (χ1) is 13.5. The molecule has 0 aliphatic carbocycles. The topological polar surface area (TPSA) is 107 Å². The lowest BCUT2D eigenvalue weighted by Crippen LogP contribution is -2.27. The molecule has 3 N–H and O–H groups in total. The number of fused-ring (bicyclic) bond motifs is 1. The van der Waals surface area contributed by atoms with E-state index in [1.54, 1.807) is 36.4 Å². The Kier molecular flexibility index (Phi) is 5.84. The molecule has 2 amide bonds. The van der Waals surface area contributed by atoms with Crippen molar-refractivity contribution in [1.29, 1.82) is 0 Å². The van der Waals surface area contributed by atoms with Crippen molar-refractivity contribution in [1.82, 2.24) is 9.78 Å². The number of hydrogen-bond acceptors (Lipinski definition) is 4. The minimum absolute atomic E-state index is 0.186. The van der Waals surface area contributed by atoms with Crippen molar-refractivity contribution in [2.45, 2.75) is 32.7 Å². The molecule has 3 rings (SSSR count). The highest BCUT2D eigenvalue weighted by molar-refractivity contribution is 6.11. The highest BCUT2D eigenvalue weighted by Gasteiger charge is 2.17. The monoisotopic (exact) mass is 378 g/mol. The fraction of sp³-hybridized carbons (Fsp3) is 0.238. The van der Waals surface area contributed by atoms with E-state index in [1.165, 1.54) is 16.8 Å². The summed E-state index contributed by atoms with van der Waals surface area (Å²) >= 11 is 0. The molecule has 1 aromatic heterocycles. The van der Waals surface area contributed by atoms with Gasteiger partial charge in [0.1, 0.15) is 0 Å². The maximum atomic E-state index is 12.9. The largest absolute Gasteiger partial charge is 0.366 e. The van der Waals surface area contributed by atoms with Gasteiger partial charge in [0.25, 0.3) is 11.5 Å². The first-order valence-electron chi connectivity index (χ1n) is 9.22. The van der Waals surface area contributed by atoms with Crippen LogP contribution in [0.15, 0.2) is 53.3 Å². The number of aromatic nitrogens is 2.